The number of hydrogen-bond acceptors (Lipinski definition) is 7. The molecule has 168 valence electrons. The molecular formula is C19H20ClF3N4O4. The fraction of sp³-hybridized carbons (Fsp3) is 0.526. The van der Waals surface area contributed by atoms with E-state index < -0.39 is 17.7 Å². The Balaban J connectivity index is 1.47. The number of aromatic nitrogens is 1. The third kappa shape index (κ3) is 5.72. The lowest BCUT2D eigenvalue weighted by Gasteiger charge is -2.35. The van der Waals surface area contributed by atoms with Crippen LogP contribution in [0.2, 0.25) is 5.02 Å². The minimum absolute atomic E-state index is 0.112. The number of carbonyl (C=O) groups is 3. The molecule has 8 nitrogen and oxygen atoms in total. The lowest BCUT2D eigenvalue weighted by atomic mass is 9.88. The van der Waals surface area contributed by atoms with Crippen LogP contribution in [0.1, 0.15) is 24.8 Å². The van der Waals surface area contributed by atoms with Crippen LogP contribution in [0.5, 0.6) is 0 Å². The Morgan fingerprint density at radius 3 is 2.45 bits per heavy atom. The molecule has 0 atom stereocenters. The van der Waals surface area contributed by atoms with Gasteiger partial charge in [0.15, 0.2) is 6.61 Å². The molecule has 0 aromatic carbocycles. The van der Waals surface area contributed by atoms with Gasteiger partial charge in [-0.25, -0.2) is 4.98 Å². The number of anilines is 1. The van der Waals surface area contributed by atoms with Gasteiger partial charge in [-0.15, -0.1) is 0 Å². The van der Waals surface area contributed by atoms with Crippen molar-refractivity contribution in [2.24, 2.45) is 11.1 Å². The highest BCUT2D eigenvalue weighted by molar-refractivity contribution is 6.33. The van der Waals surface area contributed by atoms with Crippen LogP contribution in [0.25, 0.3) is 0 Å². The molecule has 0 N–H and O–H groups in total. The summed E-state index contributed by atoms with van der Waals surface area (Å²) in [4.78, 5) is 47.6. The van der Waals surface area contributed by atoms with Gasteiger partial charge in [0, 0.05) is 45.2 Å². The van der Waals surface area contributed by atoms with E-state index in [9.17, 15) is 27.6 Å². The van der Waals surface area contributed by atoms with E-state index in [-0.39, 0.29) is 34.9 Å². The largest absolute Gasteiger partial charge is 0.417 e. The predicted molar refractivity (Wildman–Crippen MR) is 105 cm³/mol. The molecule has 31 heavy (non-hydrogen) atoms. The van der Waals surface area contributed by atoms with Crippen LogP contribution in [-0.2, 0) is 25.4 Å². The Morgan fingerprint density at radius 2 is 1.87 bits per heavy atom. The lowest BCUT2D eigenvalue weighted by Crippen LogP contribution is -2.50. The molecule has 2 aliphatic rings. The number of piperazine rings is 1. The van der Waals surface area contributed by atoms with Crippen LogP contribution in [0.4, 0.5) is 19.0 Å². The molecule has 3 rings (SSSR count). The number of Topliss-reactive ketones (excluding diaryl/α,β-unsaturated/α-hetero) is 2. The van der Waals surface area contributed by atoms with Gasteiger partial charge in [-0.05, 0) is 12.5 Å². The molecule has 0 unspecified atom stereocenters. The van der Waals surface area contributed by atoms with E-state index in [0.717, 1.165) is 18.5 Å². The van der Waals surface area contributed by atoms with Crippen molar-refractivity contribution in [3.63, 3.8) is 0 Å². The van der Waals surface area contributed by atoms with Gasteiger partial charge in [0.25, 0.3) is 5.91 Å². The molecule has 0 bridgehead atoms. The van der Waals surface area contributed by atoms with E-state index in [2.05, 4.69) is 10.1 Å². The summed E-state index contributed by atoms with van der Waals surface area (Å²) in [7, 11) is 0. The van der Waals surface area contributed by atoms with E-state index in [1.165, 1.54) is 4.90 Å². The van der Waals surface area contributed by atoms with Crippen molar-refractivity contribution >= 4 is 41.1 Å². The summed E-state index contributed by atoms with van der Waals surface area (Å²) < 4.78 is 38.2. The molecule has 2 fully saturated rings. The van der Waals surface area contributed by atoms with Crippen LogP contribution in [0.15, 0.2) is 17.4 Å². The zero-order valence-corrected chi connectivity index (χ0v) is 17.2. The summed E-state index contributed by atoms with van der Waals surface area (Å²) in [5, 5.41) is 3.48. The van der Waals surface area contributed by atoms with E-state index in [1.807, 2.05) is 0 Å². The third-order valence-electron chi connectivity index (χ3n) is 5.09. The fourth-order valence-corrected chi connectivity index (χ4v) is 3.65. The first-order valence-electron chi connectivity index (χ1n) is 9.63. The normalized spacial score (nSPS) is 18.7. The maximum atomic E-state index is 12.7. The highest BCUT2D eigenvalue weighted by Crippen LogP contribution is 2.33. The summed E-state index contributed by atoms with van der Waals surface area (Å²) >= 11 is 5.97. The summed E-state index contributed by atoms with van der Waals surface area (Å²) in [6.45, 7) is 0.899. The number of alkyl halides is 3. The molecule has 1 amide bonds. The molecule has 1 aliphatic carbocycles. The molecule has 1 aromatic rings. The van der Waals surface area contributed by atoms with Crippen molar-refractivity contribution in [2.75, 3.05) is 37.7 Å². The number of pyridine rings is 1. The molecule has 12 heteroatoms. The highest BCUT2D eigenvalue weighted by Gasteiger charge is 2.32. The molecule has 1 aliphatic heterocycles. The molecule has 1 saturated heterocycles. The number of rotatable bonds is 5. The first kappa shape index (κ1) is 23.0. The smallest absolute Gasteiger partial charge is 0.386 e. The Morgan fingerprint density at radius 1 is 1.23 bits per heavy atom. The number of amides is 1. The van der Waals surface area contributed by atoms with Gasteiger partial charge >= 0.3 is 6.18 Å². The standard InChI is InChI=1S/C19H20ClF3N4O4/c20-14-8-12(19(21,22)23)9-24-18(14)27-6-4-26(5-7-27)17(30)11-31-25-10-13-15(28)2-1-3-16(13)29/h8-10,13H,1-7,11H2/b25-10-. The highest BCUT2D eigenvalue weighted by atomic mass is 35.5. The Bertz CT molecular complexity index is 869. The average Bonchev–Trinajstić information content (AvgIpc) is 2.72. The van der Waals surface area contributed by atoms with Gasteiger partial charge in [-0.2, -0.15) is 13.2 Å². The monoisotopic (exact) mass is 460 g/mol. The molecule has 1 aromatic heterocycles. The Hall–Kier alpha value is -2.69. The maximum absolute atomic E-state index is 12.7. The van der Waals surface area contributed by atoms with Gasteiger partial charge < -0.3 is 14.6 Å². The van der Waals surface area contributed by atoms with Crippen molar-refractivity contribution in [2.45, 2.75) is 25.4 Å². The van der Waals surface area contributed by atoms with Crippen molar-refractivity contribution < 1.29 is 32.4 Å². The van der Waals surface area contributed by atoms with Crippen LogP contribution in [0, 0.1) is 5.92 Å². The van der Waals surface area contributed by atoms with Crippen molar-refractivity contribution in [1.29, 1.82) is 0 Å². The second kappa shape index (κ2) is 9.63. The second-order valence-electron chi connectivity index (χ2n) is 7.19. The molecule has 1 saturated carbocycles. The van der Waals surface area contributed by atoms with Crippen LogP contribution < -0.4 is 4.90 Å². The third-order valence-corrected chi connectivity index (χ3v) is 5.37. The Labute approximate surface area is 181 Å². The van der Waals surface area contributed by atoms with E-state index in [1.54, 1.807) is 4.90 Å². The number of carbonyl (C=O) groups excluding carboxylic acids is 3. The average molecular weight is 461 g/mol. The summed E-state index contributed by atoms with van der Waals surface area (Å²) in [6.07, 6.45) is -1.48. The molecular weight excluding hydrogens is 441 g/mol. The maximum Gasteiger partial charge on any atom is 0.417 e. The zero-order valence-electron chi connectivity index (χ0n) is 16.4. The molecule has 0 spiro atoms. The minimum Gasteiger partial charge on any atom is -0.386 e. The van der Waals surface area contributed by atoms with Gasteiger partial charge in [0.2, 0.25) is 0 Å². The Kier molecular flexibility index (Phi) is 7.14. The fourth-order valence-electron chi connectivity index (χ4n) is 3.37. The number of nitrogens with zero attached hydrogens (tertiary/aromatic N) is 4. The summed E-state index contributed by atoms with van der Waals surface area (Å²) in [5.74, 6) is -1.44. The van der Waals surface area contributed by atoms with E-state index >= 15 is 0 Å². The van der Waals surface area contributed by atoms with Crippen molar-refractivity contribution in [3.8, 4) is 0 Å². The van der Waals surface area contributed by atoms with E-state index in [0.29, 0.717) is 45.4 Å². The van der Waals surface area contributed by atoms with Gasteiger partial charge in [-0.1, -0.05) is 16.8 Å². The molecule has 2 heterocycles. The summed E-state index contributed by atoms with van der Waals surface area (Å²) in [5.41, 5.74) is -0.926. The first-order chi connectivity index (χ1) is 14.7. The summed E-state index contributed by atoms with van der Waals surface area (Å²) in [6, 6.07) is 0.828. The lowest BCUT2D eigenvalue weighted by molar-refractivity contribution is -0.138. The molecule has 0 radical (unpaired) electrons. The van der Waals surface area contributed by atoms with Crippen molar-refractivity contribution in [1.82, 2.24) is 9.88 Å². The van der Waals surface area contributed by atoms with Gasteiger partial charge in [-0.3, -0.25) is 14.4 Å². The van der Waals surface area contributed by atoms with Crippen LogP contribution >= 0.6 is 11.6 Å². The topological polar surface area (TPSA) is 92.2 Å². The van der Waals surface area contributed by atoms with Gasteiger partial charge in [0.05, 0.1) is 16.8 Å². The number of halogens is 4. The second-order valence-corrected chi connectivity index (χ2v) is 7.59. The van der Waals surface area contributed by atoms with Crippen molar-refractivity contribution in [3.05, 3.63) is 22.8 Å². The predicted octanol–water partition coefficient (Wildman–Crippen LogP) is 2.34. The minimum atomic E-state index is -4.53. The van der Waals surface area contributed by atoms with E-state index in [4.69, 9.17) is 16.4 Å². The SMILES string of the molecule is O=C1CCCC(=O)C1/C=N\OCC(=O)N1CCN(c2ncc(C(F)(F)F)cc2Cl)CC1. The quantitative estimate of drug-likeness (QED) is 0.380. The number of ketones is 2. The van der Waals surface area contributed by atoms with Crippen LogP contribution in [0.3, 0.4) is 0 Å². The van der Waals surface area contributed by atoms with Gasteiger partial charge in [0.1, 0.15) is 23.3 Å². The number of oxime groups is 1. The zero-order chi connectivity index (χ0) is 22.6. The first-order valence-corrected chi connectivity index (χ1v) is 10.0. The number of hydrogen-bond donors (Lipinski definition) is 0. The van der Waals surface area contributed by atoms with Crippen LogP contribution in [-0.4, -0.2) is 66.4 Å².